The molecule has 24 heavy (non-hydrogen) atoms. The molecule has 0 saturated carbocycles. The maximum atomic E-state index is 13.1. The average molecular weight is 408 g/mol. The number of hydrogen-bond acceptors (Lipinski definition) is 2. The largest absolute Gasteiger partial charge is 0.469 e. The molecule has 0 saturated heterocycles. The van der Waals surface area contributed by atoms with E-state index in [1.54, 1.807) is 0 Å². The summed E-state index contributed by atoms with van der Waals surface area (Å²) in [6.45, 7) is -1.41. The molecule has 4 nitrogen and oxygen atoms in total. The Kier molecular flexibility index (Phi) is 6.39. The summed E-state index contributed by atoms with van der Waals surface area (Å²) in [5, 5.41) is 0. The van der Waals surface area contributed by atoms with Gasteiger partial charge in [-0.25, -0.2) is 8.96 Å². The van der Waals surface area contributed by atoms with Crippen LogP contribution >= 0.6 is 7.82 Å². The first-order valence-corrected chi connectivity index (χ1v) is 7.02. The van der Waals surface area contributed by atoms with Crippen molar-refractivity contribution in [2.75, 3.05) is 6.61 Å². The lowest BCUT2D eigenvalue weighted by atomic mass is 9.89. The summed E-state index contributed by atoms with van der Waals surface area (Å²) >= 11 is 0. The molecule has 0 unspecified atom stereocenters. The van der Waals surface area contributed by atoms with Crippen molar-refractivity contribution in [2.24, 2.45) is 0 Å². The number of hydrogen-bond donors (Lipinski definition) is 2. The summed E-state index contributed by atoms with van der Waals surface area (Å²) in [7, 11) is -5.24. The van der Waals surface area contributed by atoms with Crippen molar-refractivity contribution in [2.45, 2.75) is 42.7 Å². The Morgan fingerprint density at radius 3 is 1.46 bits per heavy atom. The molecular formula is C8H8F11O4P. The molecule has 0 fully saturated rings. The number of alkyl halides is 11. The van der Waals surface area contributed by atoms with Crippen LogP contribution in [0.4, 0.5) is 48.3 Å². The van der Waals surface area contributed by atoms with Crippen LogP contribution in [0.1, 0.15) is 12.8 Å². The highest BCUT2D eigenvalue weighted by molar-refractivity contribution is 7.46. The number of halogens is 11. The highest BCUT2D eigenvalue weighted by Gasteiger charge is 2.89. The lowest BCUT2D eigenvalue weighted by Crippen LogP contribution is -2.70. The molecular weight excluding hydrogens is 400 g/mol. The second-order valence-electron chi connectivity index (χ2n) is 4.36. The first-order chi connectivity index (χ1) is 10.2. The molecule has 0 aliphatic rings. The summed E-state index contributed by atoms with van der Waals surface area (Å²) < 4.78 is 152. The van der Waals surface area contributed by atoms with Gasteiger partial charge < -0.3 is 9.79 Å². The standard InChI is InChI=1S/C8H8F11O4P/c9-4(10,2-1-3-23-24(20,21)22)6(12,13)5(11,7(14,15)16)8(17,18)19/h1-3H2,(H2,20,21,22). The van der Waals surface area contributed by atoms with Gasteiger partial charge in [-0.1, -0.05) is 0 Å². The predicted molar refractivity (Wildman–Crippen MR) is 53.1 cm³/mol. The monoisotopic (exact) mass is 408 g/mol. The summed E-state index contributed by atoms with van der Waals surface area (Å²) in [6, 6.07) is 0. The maximum Gasteiger partial charge on any atom is 0.469 e. The molecule has 2 N–H and O–H groups in total. The van der Waals surface area contributed by atoms with Crippen LogP contribution in [0.25, 0.3) is 0 Å². The van der Waals surface area contributed by atoms with E-state index in [1.165, 1.54) is 0 Å². The highest BCUT2D eigenvalue weighted by atomic mass is 31.2. The van der Waals surface area contributed by atoms with Crippen molar-refractivity contribution in [1.29, 1.82) is 0 Å². The minimum atomic E-state index is -7.54. The molecule has 0 aromatic carbocycles. The molecule has 16 heteroatoms. The van der Waals surface area contributed by atoms with Crippen LogP contribution in [-0.4, -0.2) is 46.3 Å². The predicted octanol–water partition coefficient (Wildman–Crippen LogP) is 3.98. The van der Waals surface area contributed by atoms with Crippen molar-refractivity contribution in [3.05, 3.63) is 0 Å². The second kappa shape index (κ2) is 6.57. The quantitative estimate of drug-likeness (QED) is 0.380. The Bertz CT molecular complexity index is 465. The van der Waals surface area contributed by atoms with Gasteiger partial charge in [0.1, 0.15) is 0 Å². The third kappa shape index (κ3) is 4.49. The molecule has 0 spiro atoms. The lowest BCUT2D eigenvalue weighted by Gasteiger charge is -2.39. The summed E-state index contributed by atoms with van der Waals surface area (Å²) in [5.41, 5.74) is -7.54. The summed E-state index contributed by atoms with van der Waals surface area (Å²) in [4.78, 5) is 16.3. The fourth-order valence-corrected chi connectivity index (χ4v) is 1.77. The zero-order valence-electron chi connectivity index (χ0n) is 10.9. The SMILES string of the molecule is O=P(O)(O)OCCCC(F)(F)C(F)(F)C(F)(C(F)(F)F)C(F)(F)F. The first-order valence-electron chi connectivity index (χ1n) is 5.49. The molecule has 146 valence electrons. The molecule has 0 rings (SSSR count). The van der Waals surface area contributed by atoms with Crippen molar-refractivity contribution < 1.29 is 67.2 Å². The number of phosphoric acid groups is 1. The van der Waals surface area contributed by atoms with Crippen LogP contribution in [0.15, 0.2) is 0 Å². The topological polar surface area (TPSA) is 66.8 Å². The van der Waals surface area contributed by atoms with Gasteiger partial charge in [-0.15, -0.1) is 0 Å². The minimum Gasteiger partial charge on any atom is -0.303 e. The first kappa shape index (κ1) is 23.3. The van der Waals surface area contributed by atoms with Crippen LogP contribution in [0, 0.1) is 0 Å². The van der Waals surface area contributed by atoms with Crippen LogP contribution in [0.5, 0.6) is 0 Å². The van der Waals surface area contributed by atoms with E-state index in [2.05, 4.69) is 4.52 Å². The van der Waals surface area contributed by atoms with Crippen molar-refractivity contribution in [1.82, 2.24) is 0 Å². The van der Waals surface area contributed by atoms with Gasteiger partial charge in [0.15, 0.2) is 0 Å². The molecule has 0 aliphatic heterocycles. The number of rotatable bonds is 7. The maximum absolute atomic E-state index is 13.1. The third-order valence-corrected chi connectivity index (χ3v) is 3.09. The van der Waals surface area contributed by atoms with Gasteiger partial charge in [0.25, 0.3) is 0 Å². The normalized spacial score (nSPS) is 15.7. The smallest absolute Gasteiger partial charge is 0.303 e. The average Bonchev–Trinajstić information content (AvgIpc) is 2.29. The van der Waals surface area contributed by atoms with E-state index in [9.17, 15) is 52.9 Å². The zero-order valence-corrected chi connectivity index (χ0v) is 11.8. The fourth-order valence-electron chi connectivity index (χ4n) is 1.40. The Labute approximate surface area is 125 Å². The molecule has 0 radical (unpaired) electrons. The van der Waals surface area contributed by atoms with E-state index < -0.39 is 57.1 Å². The van der Waals surface area contributed by atoms with Crippen LogP contribution in [-0.2, 0) is 9.09 Å². The second-order valence-corrected chi connectivity index (χ2v) is 5.60. The molecule has 0 aromatic heterocycles. The molecule has 0 heterocycles. The Morgan fingerprint density at radius 2 is 1.17 bits per heavy atom. The fraction of sp³-hybridized carbons (Fsp3) is 1.00. The van der Waals surface area contributed by atoms with E-state index in [4.69, 9.17) is 9.79 Å². The van der Waals surface area contributed by atoms with E-state index in [0.29, 0.717) is 0 Å². The van der Waals surface area contributed by atoms with Crippen molar-refractivity contribution >= 4 is 7.82 Å². The third-order valence-electron chi connectivity index (χ3n) is 2.57. The van der Waals surface area contributed by atoms with E-state index in [-0.39, 0.29) is 0 Å². The van der Waals surface area contributed by atoms with E-state index >= 15 is 0 Å². The summed E-state index contributed by atoms with van der Waals surface area (Å²) in [6.07, 6.45) is -18.8. The van der Waals surface area contributed by atoms with Gasteiger partial charge in [0.2, 0.25) is 0 Å². The van der Waals surface area contributed by atoms with Gasteiger partial charge in [-0.2, -0.15) is 43.9 Å². The van der Waals surface area contributed by atoms with Crippen LogP contribution in [0.3, 0.4) is 0 Å². The minimum absolute atomic E-state index is 1.41. The van der Waals surface area contributed by atoms with Crippen LogP contribution < -0.4 is 0 Å². The van der Waals surface area contributed by atoms with E-state index in [0.717, 1.165) is 0 Å². The zero-order chi connectivity index (χ0) is 19.8. The van der Waals surface area contributed by atoms with E-state index in [1.807, 2.05) is 0 Å². The Balaban J connectivity index is 5.53. The highest BCUT2D eigenvalue weighted by Crippen LogP contribution is 2.59. The lowest BCUT2D eigenvalue weighted by molar-refractivity contribution is -0.427. The van der Waals surface area contributed by atoms with Gasteiger partial charge in [0.05, 0.1) is 6.61 Å². The van der Waals surface area contributed by atoms with Gasteiger partial charge in [0, 0.05) is 6.42 Å². The Morgan fingerprint density at radius 1 is 0.792 bits per heavy atom. The molecule has 0 aliphatic carbocycles. The van der Waals surface area contributed by atoms with Gasteiger partial charge in [-0.05, 0) is 6.42 Å². The molecule has 0 bridgehead atoms. The van der Waals surface area contributed by atoms with Gasteiger partial charge in [-0.3, -0.25) is 4.52 Å². The van der Waals surface area contributed by atoms with Gasteiger partial charge >= 0.3 is 37.7 Å². The Hall–Kier alpha value is -0.660. The van der Waals surface area contributed by atoms with Crippen LogP contribution in [0.2, 0.25) is 0 Å². The molecule has 0 atom stereocenters. The molecule has 0 aromatic rings. The van der Waals surface area contributed by atoms with Crippen molar-refractivity contribution in [3.63, 3.8) is 0 Å². The van der Waals surface area contributed by atoms with Crippen molar-refractivity contribution in [3.8, 4) is 0 Å². The molecule has 0 amide bonds. The summed E-state index contributed by atoms with van der Waals surface area (Å²) in [5.74, 6) is -13.4. The number of phosphoric ester groups is 1.